The molecule has 0 unspecified atom stereocenters. The van der Waals surface area contributed by atoms with Crippen molar-refractivity contribution in [2.24, 2.45) is 5.92 Å². The number of aryl methyl sites for hydroxylation is 1. The first-order valence-corrected chi connectivity index (χ1v) is 15.3. The molecule has 0 radical (unpaired) electrons. The van der Waals surface area contributed by atoms with Crippen LogP contribution in [0.5, 0.6) is 0 Å². The second-order valence-electron chi connectivity index (χ2n) is 9.37. The monoisotopic (exact) mass is 584 g/mol. The highest BCUT2D eigenvalue weighted by Gasteiger charge is 2.66. The third kappa shape index (κ3) is 4.19. The minimum Gasteiger partial charge on any atom is -0.396 e. The molecule has 3 heterocycles. The fourth-order valence-electron chi connectivity index (χ4n) is 5.54. The second-order valence-corrected chi connectivity index (χ2v) is 14.4. The van der Waals surface area contributed by atoms with Crippen LogP contribution in [0.3, 0.4) is 0 Å². The van der Waals surface area contributed by atoms with E-state index >= 15 is 4.11 Å². The quantitative estimate of drug-likeness (QED) is 0.221. The van der Waals surface area contributed by atoms with Crippen LogP contribution >= 0.6 is 22.6 Å². The number of halogens is 2. The molecule has 1 saturated heterocycles. The van der Waals surface area contributed by atoms with Crippen LogP contribution in [-0.4, -0.2) is 53.7 Å². The van der Waals surface area contributed by atoms with Gasteiger partial charge in [-0.15, -0.1) is 11.7 Å². The van der Waals surface area contributed by atoms with E-state index in [9.17, 15) is 4.79 Å². The molecule has 0 saturated carbocycles. The summed E-state index contributed by atoms with van der Waals surface area (Å²) >= 11 is 2.24. The molecule has 1 N–H and O–H groups in total. The number of carbonyl (C=O) groups is 1. The third-order valence-corrected chi connectivity index (χ3v) is 9.96. The molecule has 1 spiro atoms. The van der Waals surface area contributed by atoms with Crippen molar-refractivity contribution in [2.75, 3.05) is 18.1 Å². The van der Waals surface area contributed by atoms with Gasteiger partial charge in [0.05, 0.1) is 17.5 Å². The minimum absolute atomic E-state index is 0.00963. The maximum absolute atomic E-state index is 15.7. The molecule has 7 nitrogen and oxygen atoms in total. The Morgan fingerprint density at radius 2 is 2.18 bits per heavy atom. The van der Waals surface area contributed by atoms with Crippen LogP contribution in [0.2, 0.25) is 18.6 Å². The van der Waals surface area contributed by atoms with Gasteiger partial charge >= 0.3 is 0 Å². The standard InChI is InChI=1S/C23H30FIN4O3Si/c1-5-10-29-19-7-6-16(25)13-18(19)23(22(29)31)15(2)21(33(3,4)24)20(32-23)8-11-28-14-17(9-12-30)26-27-28/h5-7,13-15,20-21,30H,1,8-12H2,2-4H3/t15-,20+,21-,23+/m1/s1. The number of aromatic nitrogens is 3. The van der Waals surface area contributed by atoms with Gasteiger partial charge in [0, 0.05) is 52.9 Å². The molecule has 33 heavy (non-hydrogen) atoms. The molecular weight excluding hydrogens is 554 g/mol. The molecule has 0 bridgehead atoms. The molecule has 10 heteroatoms. The number of fused-ring (bicyclic) bond motifs is 2. The number of hydrogen-bond acceptors (Lipinski definition) is 5. The topological polar surface area (TPSA) is 80.5 Å². The van der Waals surface area contributed by atoms with E-state index in [1.54, 1.807) is 34.9 Å². The Hall–Kier alpha value is -1.63. The average Bonchev–Trinajstić information content (AvgIpc) is 3.38. The van der Waals surface area contributed by atoms with Crippen molar-refractivity contribution < 1.29 is 18.7 Å². The Bertz CT molecular complexity index is 1060. The van der Waals surface area contributed by atoms with Gasteiger partial charge in [-0.2, -0.15) is 0 Å². The average molecular weight is 585 g/mol. The number of benzene rings is 1. The highest BCUT2D eigenvalue weighted by molar-refractivity contribution is 14.1. The van der Waals surface area contributed by atoms with Crippen LogP contribution in [0.4, 0.5) is 9.80 Å². The maximum atomic E-state index is 15.7. The van der Waals surface area contributed by atoms with Gasteiger partial charge in [0.25, 0.3) is 5.91 Å². The number of carbonyl (C=O) groups excluding carboxylic acids is 1. The number of nitrogens with zero attached hydrogens (tertiary/aromatic N) is 4. The molecule has 1 amide bonds. The molecular formula is C23H30FIN4O3Si. The lowest BCUT2D eigenvalue weighted by atomic mass is 9.82. The maximum Gasteiger partial charge on any atom is 0.264 e. The Labute approximate surface area is 208 Å². The second kappa shape index (κ2) is 9.20. The summed E-state index contributed by atoms with van der Waals surface area (Å²) in [5, 5.41) is 17.3. The van der Waals surface area contributed by atoms with E-state index in [4.69, 9.17) is 9.84 Å². The normalized spacial score (nSPS) is 26.9. The predicted octanol–water partition coefficient (Wildman–Crippen LogP) is 3.82. The molecule has 1 aromatic carbocycles. The zero-order valence-electron chi connectivity index (χ0n) is 19.2. The van der Waals surface area contributed by atoms with E-state index in [-0.39, 0.29) is 24.0 Å². The highest BCUT2D eigenvalue weighted by atomic mass is 127. The van der Waals surface area contributed by atoms with E-state index in [1.165, 1.54) is 0 Å². The van der Waals surface area contributed by atoms with Gasteiger partial charge in [-0.05, 0) is 60.3 Å². The number of aliphatic hydroxyl groups excluding tert-OH is 1. The van der Waals surface area contributed by atoms with E-state index in [1.807, 2.05) is 25.1 Å². The molecule has 2 aliphatic heterocycles. The van der Waals surface area contributed by atoms with Crippen LogP contribution in [0.15, 0.2) is 37.1 Å². The number of aliphatic hydroxyl groups is 1. The summed E-state index contributed by atoms with van der Waals surface area (Å²) in [5.41, 5.74) is 0.799. The van der Waals surface area contributed by atoms with Crippen molar-refractivity contribution in [2.45, 2.75) is 56.7 Å². The predicted molar refractivity (Wildman–Crippen MR) is 135 cm³/mol. The van der Waals surface area contributed by atoms with Crippen molar-refractivity contribution in [3.63, 3.8) is 0 Å². The summed E-state index contributed by atoms with van der Waals surface area (Å²) in [6, 6.07) is 5.92. The lowest BCUT2D eigenvalue weighted by molar-refractivity contribution is -0.145. The molecule has 2 aromatic rings. The first-order valence-electron chi connectivity index (χ1n) is 11.2. The number of rotatable bonds is 8. The van der Waals surface area contributed by atoms with Crippen LogP contribution in [0.25, 0.3) is 0 Å². The van der Waals surface area contributed by atoms with E-state index < -0.39 is 20.1 Å². The molecule has 1 fully saturated rings. The van der Waals surface area contributed by atoms with E-state index in [0.717, 1.165) is 14.8 Å². The number of amides is 1. The van der Waals surface area contributed by atoms with Gasteiger partial charge in [-0.3, -0.25) is 9.48 Å². The third-order valence-electron chi connectivity index (χ3n) is 6.83. The molecule has 2 aliphatic rings. The number of ether oxygens (including phenoxy) is 1. The molecule has 0 aliphatic carbocycles. The van der Waals surface area contributed by atoms with Crippen LogP contribution in [0.1, 0.15) is 24.6 Å². The SMILES string of the molecule is C=CCN1C(=O)[C@@]2(O[C@@H](CCn3cc(CCO)nn3)[C@H]([Si](C)(C)F)[C@H]2C)c2cc(I)ccc21. The zero-order chi connectivity index (χ0) is 24.0. The lowest BCUT2D eigenvalue weighted by Crippen LogP contribution is -2.45. The van der Waals surface area contributed by atoms with Gasteiger partial charge < -0.3 is 18.9 Å². The minimum atomic E-state index is -3.19. The fraction of sp³-hybridized carbons (Fsp3) is 0.522. The van der Waals surface area contributed by atoms with Crippen LogP contribution < -0.4 is 4.90 Å². The van der Waals surface area contributed by atoms with Crippen LogP contribution in [0, 0.1) is 9.49 Å². The van der Waals surface area contributed by atoms with Crippen LogP contribution in [-0.2, 0) is 28.1 Å². The van der Waals surface area contributed by atoms with Crippen molar-refractivity contribution in [3.05, 3.63) is 51.9 Å². The molecule has 1 aromatic heterocycles. The Morgan fingerprint density at radius 3 is 2.85 bits per heavy atom. The van der Waals surface area contributed by atoms with E-state index in [2.05, 4.69) is 39.5 Å². The van der Waals surface area contributed by atoms with Gasteiger partial charge in [-0.25, -0.2) is 0 Å². The Morgan fingerprint density at radius 1 is 1.42 bits per heavy atom. The summed E-state index contributed by atoms with van der Waals surface area (Å²) in [5.74, 6) is -0.447. The largest absolute Gasteiger partial charge is 0.396 e. The first kappa shape index (κ1) is 24.5. The summed E-state index contributed by atoms with van der Waals surface area (Å²) in [4.78, 5) is 15.6. The fourth-order valence-corrected chi connectivity index (χ4v) is 8.57. The van der Waals surface area contributed by atoms with Crippen molar-refractivity contribution in [1.29, 1.82) is 0 Å². The zero-order valence-corrected chi connectivity index (χ0v) is 22.3. The van der Waals surface area contributed by atoms with Gasteiger partial charge in [0.15, 0.2) is 5.60 Å². The summed E-state index contributed by atoms with van der Waals surface area (Å²) in [6.45, 7) is 10.1. The number of hydrogen-bond donors (Lipinski definition) is 1. The smallest absolute Gasteiger partial charge is 0.264 e. The van der Waals surface area contributed by atoms with Crippen molar-refractivity contribution in [3.8, 4) is 0 Å². The molecule has 4 rings (SSSR count). The summed E-state index contributed by atoms with van der Waals surface area (Å²) in [7, 11) is -3.19. The van der Waals surface area contributed by atoms with Gasteiger partial charge in [0.1, 0.15) is 0 Å². The van der Waals surface area contributed by atoms with Crippen molar-refractivity contribution in [1.82, 2.24) is 15.0 Å². The highest BCUT2D eigenvalue weighted by Crippen LogP contribution is 2.60. The summed E-state index contributed by atoms with van der Waals surface area (Å²) in [6.07, 6.45) is 4.04. The van der Waals surface area contributed by atoms with Crippen molar-refractivity contribution >= 4 is 42.6 Å². The Balaban J connectivity index is 1.70. The summed E-state index contributed by atoms with van der Waals surface area (Å²) < 4.78 is 25.1. The van der Waals surface area contributed by atoms with Gasteiger partial charge in [-0.1, -0.05) is 18.2 Å². The lowest BCUT2D eigenvalue weighted by Gasteiger charge is -2.31. The number of anilines is 1. The molecule has 178 valence electrons. The van der Waals surface area contributed by atoms with Gasteiger partial charge in [0.2, 0.25) is 8.41 Å². The first-order chi connectivity index (χ1) is 15.6. The molecule has 4 atom stereocenters. The Kier molecular flexibility index (Phi) is 6.82. The van der Waals surface area contributed by atoms with E-state index in [0.29, 0.717) is 31.6 Å².